The Hall–Kier alpha value is -3.00. The number of halogens is 8. The van der Waals surface area contributed by atoms with Gasteiger partial charge in [0.1, 0.15) is 17.3 Å². The molecule has 0 N–H and O–H groups in total. The monoisotopic (exact) mass is 553 g/mol. The molecule has 2 aromatic carbocycles. The van der Waals surface area contributed by atoms with Gasteiger partial charge in [-0.15, -0.1) is 0 Å². The van der Waals surface area contributed by atoms with Crippen LogP contribution < -0.4 is 5.01 Å². The second-order valence-electron chi connectivity index (χ2n) is 8.62. The summed E-state index contributed by atoms with van der Waals surface area (Å²) < 4.78 is 135. The smallest absolute Gasteiger partial charge is 0.254 e. The molecule has 2 aromatic rings. The third-order valence-corrected chi connectivity index (χ3v) is 7.42. The van der Waals surface area contributed by atoms with Crippen LogP contribution in [0.3, 0.4) is 0 Å². The number of alkyl halides is 5. The number of hydrogen-bond donors (Lipinski definition) is 0. The lowest BCUT2D eigenvalue weighted by atomic mass is 9.93. The molecule has 0 aliphatic carbocycles. The van der Waals surface area contributed by atoms with Crippen molar-refractivity contribution in [2.75, 3.05) is 24.4 Å². The van der Waals surface area contributed by atoms with Crippen molar-refractivity contribution < 1.29 is 43.5 Å². The van der Waals surface area contributed by atoms with E-state index in [1.165, 1.54) is 16.4 Å². The maximum atomic E-state index is 15.0. The van der Waals surface area contributed by atoms with Crippen LogP contribution in [0.4, 0.5) is 40.8 Å². The molecule has 0 saturated heterocycles. The summed E-state index contributed by atoms with van der Waals surface area (Å²) in [6.07, 6.45) is -4.25. The lowest BCUT2D eigenvalue weighted by Gasteiger charge is -2.27. The molecule has 0 saturated carbocycles. The Labute approximate surface area is 206 Å². The highest BCUT2D eigenvalue weighted by molar-refractivity contribution is 7.88. The van der Waals surface area contributed by atoms with Gasteiger partial charge in [-0.2, -0.15) is 31.4 Å². The molecule has 2 aliphatic heterocycles. The van der Waals surface area contributed by atoms with Crippen LogP contribution >= 0.6 is 0 Å². The molecule has 0 spiro atoms. The van der Waals surface area contributed by atoms with Crippen molar-refractivity contribution in [3.8, 4) is 0 Å². The van der Waals surface area contributed by atoms with Crippen molar-refractivity contribution in [1.29, 1.82) is 0 Å². The predicted octanol–water partition coefficient (Wildman–Crippen LogP) is 5.66. The first-order chi connectivity index (χ1) is 17.1. The standard InChI is InChI=1S/C23H19F8N3O2S/c1-37(35,36)33-8-6-13(7-9-33)14-2-4-17(25)16(10-14)20-12-21(22(27,28)23(29,30)31)32-34(20)19-5-3-15(24)11-18(19)26/h2-6,10-11,20H,7-9,12H2,1H3. The maximum Gasteiger partial charge on any atom is 0.459 e. The van der Waals surface area contributed by atoms with Crippen LogP contribution in [0.5, 0.6) is 0 Å². The van der Waals surface area contributed by atoms with Gasteiger partial charge in [0.2, 0.25) is 10.0 Å². The lowest BCUT2D eigenvalue weighted by Crippen LogP contribution is -2.43. The second-order valence-corrected chi connectivity index (χ2v) is 10.6. The molecule has 14 heteroatoms. The van der Waals surface area contributed by atoms with Crippen molar-refractivity contribution in [2.24, 2.45) is 5.10 Å². The molecule has 2 aliphatic rings. The molecule has 1 atom stereocenters. The van der Waals surface area contributed by atoms with Crippen molar-refractivity contribution >= 4 is 27.0 Å². The maximum absolute atomic E-state index is 15.0. The predicted molar refractivity (Wildman–Crippen MR) is 120 cm³/mol. The van der Waals surface area contributed by atoms with E-state index in [2.05, 4.69) is 5.10 Å². The van der Waals surface area contributed by atoms with Crippen LogP contribution in [0.15, 0.2) is 47.6 Å². The van der Waals surface area contributed by atoms with E-state index in [1.54, 1.807) is 6.08 Å². The van der Waals surface area contributed by atoms with Gasteiger partial charge in [-0.1, -0.05) is 12.1 Å². The zero-order chi connectivity index (χ0) is 27.3. The van der Waals surface area contributed by atoms with Gasteiger partial charge in [-0.3, -0.25) is 5.01 Å². The first-order valence-corrected chi connectivity index (χ1v) is 12.6. The van der Waals surface area contributed by atoms with Gasteiger partial charge >= 0.3 is 12.1 Å². The van der Waals surface area contributed by atoms with Gasteiger partial charge in [0.15, 0.2) is 5.82 Å². The third-order valence-electron chi connectivity index (χ3n) is 6.15. The minimum Gasteiger partial charge on any atom is -0.254 e. The minimum atomic E-state index is -6.01. The van der Waals surface area contributed by atoms with E-state index in [0.29, 0.717) is 22.2 Å². The molecule has 5 nitrogen and oxygen atoms in total. The van der Waals surface area contributed by atoms with Crippen molar-refractivity contribution in [1.82, 2.24) is 4.31 Å². The number of anilines is 1. The number of hydrogen-bond acceptors (Lipinski definition) is 4. The molecule has 200 valence electrons. The van der Waals surface area contributed by atoms with Gasteiger partial charge in [0.25, 0.3) is 0 Å². The molecule has 37 heavy (non-hydrogen) atoms. The van der Waals surface area contributed by atoms with E-state index in [1.807, 2.05) is 0 Å². The summed E-state index contributed by atoms with van der Waals surface area (Å²) in [6.45, 7) is 0.154. The summed E-state index contributed by atoms with van der Waals surface area (Å²) >= 11 is 0. The first kappa shape index (κ1) is 27.0. The Morgan fingerprint density at radius 3 is 2.24 bits per heavy atom. The van der Waals surface area contributed by atoms with Crippen LogP contribution in [0.1, 0.15) is 30.0 Å². The highest BCUT2D eigenvalue weighted by Crippen LogP contribution is 2.45. The molecule has 0 fully saturated rings. The van der Waals surface area contributed by atoms with Crippen LogP contribution in [-0.2, 0) is 10.0 Å². The largest absolute Gasteiger partial charge is 0.459 e. The van der Waals surface area contributed by atoms with Gasteiger partial charge in [0, 0.05) is 31.1 Å². The van der Waals surface area contributed by atoms with E-state index in [0.717, 1.165) is 24.5 Å². The first-order valence-electron chi connectivity index (χ1n) is 10.8. The molecular formula is C23H19F8N3O2S. The Balaban J connectivity index is 1.77. The second kappa shape index (κ2) is 9.39. The zero-order valence-corrected chi connectivity index (χ0v) is 19.9. The molecule has 0 aromatic heterocycles. The number of rotatable bonds is 5. The lowest BCUT2D eigenvalue weighted by molar-refractivity contribution is -0.249. The van der Waals surface area contributed by atoms with E-state index in [9.17, 15) is 43.5 Å². The SMILES string of the molecule is CS(=O)(=O)N1CC=C(c2ccc(F)c(C3CC(C(F)(F)C(F)(F)F)=NN3c3ccc(F)cc3F)c2)CC1. The Bertz CT molecular complexity index is 1390. The van der Waals surface area contributed by atoms with Gasteiger partial charge in [0.05, 0.1) is 18.0 Å². The van der Waals surface area contributed by atoms with Crippen molar-refractivity contribution in [2.45, 2.75) is 31.0 Å². The van der Waals surface area contributed by atoms with Gasteiger partial charge in [-0.25, -0.2) is 21.6 Å². The highest BCUT2D eigenvalue weighted by Gasteiger charge is 2.63. The molecule has 4 rings (SSSR count). The number of nitrogens with zero attached hydrogens (tertiary/aromatic N) is 3. The van der Waals surface area contributed by atoms with Crippen molar-refractivity contribution in [3.63, 3.8) is 0 Å². The van der Waals surface area contributed by atoms with Gasteiger partial charge < -0.3 is 0 Å². The number of benzene rings is 2. The van der Waals surface area contributed by atoms with Crippen LogP contribution in [0.25, 0.3) is 5.57 Å². The van der Waals surface area contributed by atoms with Gasteiger partial charge in [-0.05, 0) is 41.8 Å². The number of sulfonamides is 1. The quantitative estimate of drug-likeness (QED) is 0.450. The Kier molecular flexibility index (Phi) is 6.86. The minimum absolute atomic E-state index is 0.0300. The Morgan fingerprint density at radius 1 is 0.973 bits per heavy atom. The number of hydrazone groups is 1. The molecule has 0 radical (unpaired) electrons. The summed E-state index contributed by atoms with van der Waals surface area (Å²) in [7, 11) is -3.45. The average Bonchev–Trinajstić information content (AvgIpc) is 3.24. The summed E-state index contributed by atoms with van der Waals surface area (Å²) in [4.78, 5) is 0. The third kappa shape index (κ3) is 5.21. The molecular weight excluding hydrogens is 534 g/mol. The van der Waals surface area contributed by atoms with E-state index in [-0.39, 0.29) is 25.1 Å². The zero-order valence-electron chi connectivity index (χ0n) is 19.0. The van der Waals surface area contributed by atoms with Crippen LogP contribution in [0, 0.1) is 17.5 Å². The van der Waals surface area contributed by atoms with E-state index < -0.39 is 63.4 Å². The summed E-state index contributed by atoms with van der Waals surface area (Å²) in [5, 5.41) is 3.82. The fourth-order valence-electron chi connectivity index (χ4n) is 4.21. The summed E-state index contributed by atoms with van der Waals surface area (Å²) in [6, 6.07) is 3.91. The van der Waals surface area contributed by atoms with E-state index >= 15 is 0 Å². The fourth-order valence-corrected chi connectivity index (χ4v) is 4.98. The molecule has 2 heterocycles. The fraction of sp³-hybridized carbons (Fsp3) is 0.348. The van der Waals surface area contributed by atoms with Crippen molar-refractivity contribution in [3.05, 3.63) is 71.1 Å². The summed E-state index contributed by atoms with van der Waals surface area (Å²) in [5.74, 6) is -8.67. The molecule has 1 unspecified atom stereocenters. The van der Waals surface area contributed by atoms with Crippen LogP contribution in [-0.4, -0.2) is 49.9 Å². The molecule has 0 bridgehead atoms. The topological polar surface area (TPSA) is 53.0 Å². The van der Waals surface area contributed by atoms with Crippen LogP contribution in [0.2, 0.25) is 0 Å². The Morgan fingerprint density at radius 2 is 1.68 bits per heavy atom. The van der Waals surface area contributed by atoms with E-state index in [4.69, 9.17) is 0 Å². The average molecular weight is 553 g/mol. The normalized spacial score (nSPS) is 19.7. The highest BCUT2D eigenvalue weighted by atomic mass is 32.2. The summed E-state index contributed by atoms with van der Waals surface area (Å²) in [5.41, 5.74) is -1.64. The molecule has 0 amide bonds.